The van der Waals surface area contributed by atoms with Gasteiger partial charge >= 0.3 is 11.9 Å². The molecule has 1 aromatic heterocycles. The molecule has 2 aromatic carbocycles. The fourth-order valence-electron chi connectivity index (χ4n) is 2.33. The van der Waals surface area contributed by atoms with Crippen LogP contribution in [0.15, 0.2) is 54.7 Å². The maximum Gasteiger partial charge on any atom is 0.341 e. The fourth-order valence-corrected chi connectivity index (χ4v) is 2.50. The second-order valence-corrected chi connectivity index (χ2v) is 5.92. The number of nitrogens with one attached hydrogen (secondary N) is 1. The van der Waals surface area contributed by atoms with E-state index in [9.17, 15) is 14.7 Å². The minimum atomic E-state index is -1.20. The highest BCUT2D eigenvalue weighted by atomic mass is 35.5. The summed E-state index contributed by atoms with van der Waals surface area (Å²) in [5, 5.41) is 12.7. The summed E-state index contributed by atoms with van der Waals surface area (Å²) < 4.78 is 5.14. The molecule has 0 atom stereocenters. The van der Waals surface area contributed by atoms with Crippen LogP contribution in [0.2, 0.25) is 5.02 Å². The zero-order chi connectivity index (χ0) is 19.4. The Morgan fingerprint density at radius 2 is 1.89 bits per heavy atom. The number of benzene rings is 2. The molecule has 0 aliphatic heterocycles. The molecule has 0 unspecified atom stereocenters. The number of hydrogen-bond acceptors (Lipinski definition) is 6. The molecule has 0 bridgehead atoms. The van der Waals surface area contributed by atoms with Crippen molar-refractivity contribution >= 4 is 35.0 Å². The van der Waals surface area contributed by atoms with Crippen LogP contribution >= 0.6 is 11.6 Å². The minimum absolute atomic E-state index is 0.0482. The third-order valence-electron chi connectivity index (χ3n) is 3.50. The van der Waals surface area contributed by atoms with Gasteiger partial charge in [-0.25, -0.2) is 14.8 Å². The summed E-state index contributed by atoms with van der Waals surface area (Å²) in [6, 6.07) is 13.7. The van der Waals surface area contributed by atoms with E-state index < -0.39 is 11.9 Å². The van der Waals surface area contributed by atoms with Gasteiger partial charge in [0.1, 0.15) is 11.4 Å². The first-order valence-corrected chi connectivity index (χ1v) is 8.22. The lowest BCUT2D eigenvalue weighted by Gasteiger charge is -2.13. The molecule has 0 saturated heterocycles. The van der Waals surface area contributed by atoms with Crippen molar-refractivity contribution in [3.05, 3.63) is 65.3 Å². The second kappa shape index (κ2) is 7.84. The SMILES string of the molecule is CC(=O)Oc1ccc(Cl)cc1Nc1nc(-c2ccccc2)ncc1C(=O)O. The molecule has 3 aromatic rings. The van der Waals surface area contributed by atoms with Gasteiger partial charge in [-0.3, -0.25) is 4.79 Å². The molecular formula is C19H14ClN3O4. The predicted molar refractivity (Wildman–Crippen MR) is 100 cm³/mol. The molecule has 0 aliphatic rings. The van der Waals surface area contributed by atoms with Gasteiger partial charge in [-0.05, 0) is 18.2 Å². The zero-order valence-corrected chi connectivity index (χ0v) is 14.9. The summed E-state index contributed by atoms with van der Waals surface area (Å²) >= 11 is 6.02. The van der Waals surface area contributed by atoms with Crippen molar-refractivity contribution in [1.82, 2.24) is 9.97 Å². The average molecular weight is 384 g/mol. The van der Waals surface area contributed by atoms with Gasteiger partial charge in [-0.1, -0.05) is 41.9 Å². The fraction of sp³-hybridized carbons (Fsp3) is 0.0526. The Kier molecular flexibility index (Phi) is 5.33. The summed E-state index contributed by atoms with van der Waals surface area (Å²) in [7, 11) is 0. The van der Waals surface area contributed by atoms with Crippen LogP contribution in [-0.4, -0.2) is 27.0 Å². The van der Waals surface area contributed by atoms with E-state index in [2.05, 4.69) is 15.3 Å². The number of carbonyl (C=O) groups excluding carboxylic acids is 1. The number of hydrogen-bond donors (Lipinski definition) is 2. The van der Waals surface area contributed by atoms with Gasteiger partial charge in [0.25, 0.3) is 0 Å². The van der Waals surface area contributed by atoms with Gasteiger partial charge in [0, 0.05) is 23.7 Å². The molecule has 0 saturated carbocycles. The van der Waals surface area contributed by atoms with E-state index in [0.29, 0.717) is 16.5 Å². The average Bonchev–Trinajstić information content (AvgIpc) is 2.64. The molecule has 1 heterocycles. The quantitative estimate of drug-likeness (QED) is 0.503. The van der Waals surface area contributed by atoms with Crippen molar-refractivity contribution in [1.29, 1.82) is 0 Å². The van der Waals surface area contributed by atoms with Crippen LogP contribution in [0.1, 0.15) is 17.3 Å². The van der Waals surface area contributed by atoms with Gasteiger partial charge in [-0.15, -0.1) is 0 Å². The van der Waals surface area contributed by atoms with Crippen molar-refractivity contribution < 1.29 is 19.4 Å². The van der Waals surface area contributed by atoms with E-state index in [1.54, 1.807) is 6.07 Å². The van der Waals surface area contributed by atoms with E-state index in [4.69, 9.17) is 16.3 Å². The topological polar surface area (TPSA) is 101 Å². The molecular weight excluding hydrogens is 370 g/mol. The molecule has 0 aliphatic carbocycles. The molecule has 2 N–H and O–H groups in total. The van der Waals surface area contributed by atoms with Gasteiger partial charge in [0.15, 0.2) is 11.6 Å². The van der Waals surface area contributed by atoms with Gasteiger partial charge in [0.2, 0.25) is 0 Å². The smallest absolute Gasteiger partial charge is 0.341 e. The number of anilines is 2. The van der Waals surface area contributed by atoms with Gasteiger partial charge < -0.3 is 15.2 Å². The lowest BCUT2D eigenvalue weighted by Crippen LogP contribution is -2.09. The number of carbonyl (C=O) groups is 2. The zero-order valence-electron chi connectivity index (χ0n) is 14.1. The number of nitrogens with zero attached hydrogens (tertiary/aromatic N) is 2. The Morgan fingerprint density at radius 3 is 2.56 bits per heavy atom. The van der Waals surface area contributed by atoms with Crippen LogP contribution in [0.5, 0.6) is 5.75 Å². The first kappa shape index (κ1) is 18.3. The minimum Gasteiger partial charge on any atom is -0.477 e. The third-order valence-corrected chi connectivity index (χ3v) is 3.73. The monoisotopic (exact) mass is 383 g/mol. The standard InChI is InChI=1S/C19H14ClN3O4/c1-11(24)27-16-8-7-13(20)9-15(16)22-18-14(19(25)26)10-21-17(23-18)12-5-3-2-4-6-12/h2-10H,1H3,(H,25,26)(H,21,22,23). The first-order chi connectivity index (χ1) is 12.9. The largest absolute Gasteiger partial charge is 0.477 e. The Bertz CT molecular complexity index is 1010. The van der Waals surface area contributed by atoms with Crippen molar-refractivity contribution in [2.24, 2.45) is 0 Å². The van der Waals surface area contributed by atoms with E-state index in [-0.39, 0.29) is 17.1 Å². The predicted octanol–water partition coefficient (Wildman–Crippen LogP) is 4.16. The Balaban J connectivity index is 2.07. The van der Waals surface area contributed by atoms with Crippen LogP contribution in [0.3, 0.4) is 0 Å². The van der Waals surface area contributed by atoms with E-state index in [1.807, 2.05) is 30.3 Å². The number of carboxylic acid groups (broad SMARTS) is 1. The summed E-state index contributed by atoms with van der Waals surface area (Å²) in [5.41, 5.74) is 0.894. The normalized spacial score (nSPS) is 10.3. The van der Waals surface area contributed by atoms with Gasteiger partial charge in [-0.2, -0.15) is 0 Å². The van der Waals surface area contributed by atoms with Crippen LogP contribution in [0.25, 0.3) is 11.4 Å². The number of aromatic carboxylic acids is 1. The second-order valence-electron chi connectivity index (χ2n) is 5.49. The van der Waals surface area contributed by atoms with Crippen molar-refractivity contribution in [2.75, 3.05) is 5.32 Å². The molecule has 8 heteroatoms. The number of halogens is 1. The molecule has 27 heavy (non-hydrogen) atoms. The number of aromatic nitrogens is 2. The van der Waals surface area contributed by atoms with Crippen LogP contribution in [-0.2, 0) is 4.79 Å². The molecule has 7 nitrogen and oxygen atoms in total. The van der Waals surface area contributed by atoms with Gasteiger partial charge in [0.05, 0.1) is 5.69 Å². The van der Waals surface area contributed by atoms with Crippen LogP contribution < -0.4 is 10.1 Å². The summed E-state index contributed by atoms with van der Waals surface area (Å²) in [6.45, 7) is 1.26. The first-order valence-electron chi connectivity index (χ1n) is 7.85. The van der Waals surface area contributed by atoms with E-state index in [0.717, 1.165) is 5.56 Å². The lowest BCUT2D eigenvalue weighted by atomic mass is 10.2. The third kappa shape index (κ3) is 4.39. The number of carboxylic acids is 1. The number of rotatable bonds is 5. The molecule has 3 rings (SSSR count). The highest BCUT2D eigenvalue weighted by molar-refractivity contribution is 6.31. The maximum atomic E-state index is 11.6. The molecule has 0 radical (unpaired) electrons. The Labute approximate surface area is 159 Å². The summed E-state index contributed by atoms with van der Waals surface area (Å²) in [4.78, 5) is 31.3. The molecule has 0 fully saturated rings. The van der Waals surface area contributed by atoms with Crippen molar-refractivity contribution in [3.63, 3.8) is 0 Å². The highest BCUT2D eigenvalue weighted by Gasteiger charge is 2.17. The Morgan fingerprint density at radius 1 is 1.15 bits per heavy atom. The Hall–Kier alpha value is -3.45. The molecule has 0 amide bonds. The molecule has 0 spiro atoms. The maximum absolute atomic E-state index is 11.6. The van der Waals surface area contributed by atoms with Crippen LogP contribution in [0, 0.1) is 0 Å². The summed E-state index contributed by atoms with van der Waals surface area (Å²) in [5.74, 6) is -1.13. The van der Waals surface area contributed by atoms with E-state index >= 15 is 0 Å². The van der Waals surface area contributed by atoms with Crippen molar-refractivity contribution in [3.8, 4) is 17.1 Å². The number of ether oxygens (including phenoxy) is 1. The number of esters is 1. The molecule has 136 valence electrons. The lowest BCUT2D eigenvalue weighted by molar-refractivity contribution is -0.131. The van der Waals surface area contributed by atoms with Crippen molar-refractivity contribution in [2.45, 2.75) is 6.92 Å². The van der Waals surface area contributed by atoms with Crippen LogP contribution in [0.4, 0.5) is 11.5 Å². The highest BCUT2D eigenvalue weighted by Crippen LogP contribution is 2.32. The van der Waals surface area contributed by atoms with E-state index in [1.165, 1.54) is 25.3 Å². The summed E-state index contributed by atoms with van der Waals surface area (Å²) in [6.07, 6.45) is 1.22.